The summed E-state index contributed by atoms with van der Waals surface area (Å²) in [4.78, 5) is 0. The van der Waals surface area contributed by atoms with Gasteiger partial charge in [-0.25, -0.2) is 16.8 Å². The molecular weight excluding hydrogens is 857 g/mol. The molecule has 2 heterocycles. The Hall–Kier alpha value is -1.28. The van der Waals surface area contributed by atoms with Gasteiger partial charge in [0.2, 0.25) is 0 Å². The number of nitrogens with one attached hydrogen (secondary N) is 2. The maximum absolute atomic E-state index is 11.7. The fourth-order valence-corrected chi connectivity index (χ4v) is 10.8. The second-order valence-electron chi connectivity index (χ2n) is 18.0. The van der Waals surface area contributed by atoms with Crippen molar-refractivity contribution < 1.29 is 25.9 Å². The van der Waals surface area contributed by atoms with Crippen LogP contribution in [0.5, 0.6) is 0 Å². The molecule has 356 valence electrons. The zero-order valence-corrected chi connectivity index (χ0v) is 43.5. The van der Waals surface area contributed by atoms with Crippen molar-refractivity contribution in [2.75, 3.05) is 19.2 Å². The van der Waals surface area contributed by atoms with E-state index >= 15 is 0 Å². The van der Waals surface area contributed by atoms with Crippen molar-refractivity contribution >= 4 is 81.1 Å². The zero-order valence-electron chi connectivity index (χ0n) is 39.7. The molecule has 2 aromatic rings. The molecule has 2 aromatic carbocycles. The molecule has 10 nitrogen and oxygen atoms in total. The zero-order chi connectivity index (χ0) is 44.7. The van der Waals surface area contributed by atoms with Gasteiger partial charge in [-0.1, -0.05) is 231 Å². The Morgan fingerprint density at radius 1 is 0.397 bits per heavy atom. The molecular formula is C50H86CaN4O6S2. The van der Waals surface area contributed by atoms with Gasteiger partial charge in [-0.05, 0) is 49.9 Å². The van der Waals surface area contributed by atoms with Crippen LogP contribution in [0.2, 0.25) is 0 Å². The van der Waals surface area contributed by atoms with Crippen LogP contribution in [-0.2, 0) is 20.6 Å². The largest absolute Gasteiger partial charge is 2.00 e. The molecule has 0 spiro atoms. The minimum Gasteiger partial charge on any atom is -0.731 e. The maximum Gasteiger partial charge on any atom is 2.00 e. The van der Waals surface area contributed by atoms with Gasteiger partial charge >= 0.3 is 37.7 Å². The van der Waals surface area contributed by atoms with Gasteiger partial charge in [0, 0.05) is 0 Å². The van der Waals surface area contributed by atoms with E-state index in [0.717, 1.165) is 45.7 Å². The van der Waals surface area contributed by atoms with Crippen LogP contribution in [0.1, 0.15) is 232 Å². The first-order valence-electron chi connectivity index (χ1n) is 25.3. The summed E-state index contributed by atoms with van der Waals surface area (Å²) in [6.45, 7) is 4.54. The first kappa shape index (κ1) is 57.8. The Morgan fingerprint density at radius 3 is 0.857 bits per heavy atom. The first-order chi connectivity index (χ1) is 30.1. The fourth-order valence-electron chi connectivity index (χ4n) is 9.09. The Morgan fingerprint density at radius 2 is 0.619 bits per heavy atom. The van der Waals surface area contributed by atoms with Crippen LogP contribution in [-0.4, -0.2) is 76.0 Å². The molecule has 0 bridgehead atoms. The molecule has 0 fully saturated rings. The molecule has 0 radical (unpaired) electrons. The van der Waals surface area contributed by atoms with Gasteiger partial charge < -0.3 is 19.7 Å². The van der Waals surface area contributed by atoms with Gasteiger partial charge in [0.05, 0.1) is 22.7 Å². The van der Waals surface area contributed by atoms with Crippen LogP contribution in [0.3, 0.4) is 0 Å². The number of hydrogen-bond acceptors (Lipinski definition) is 8. The third-order valence-corrected chi connectivity index (χ3v) is 14.5. The number of nitrogens with zero attached hydrogens (tertiary/aromatic N) is 2. The molecule has 13 heteroatoms. The molecule has 0 saturated heterocycles. The predicted molar refractivity (Wildman–Crippen MR) is 266 cm³/mol. The predicted octanol–water partition coefficient (Wildman–Crippen LogP) is 14.3. The van der Waals surface area contributed by atoms with Crippen LogP contribution >= 0.6 is 0 Å². The Bertz CT molecular complexity index is 1550. The molecule has 2 aliphatic rings. The van der Waals surface area contributed by atoms with E-state index in [1.54, 1.807) is 24.3 Å². The minimum atomic E-state index is -4.52. The fraction of sp³-hybridized carbons (Fsp3) is 0.760. The monoisotopic (exact) mass is 943 g/mol. The van der Waals surface area contributed by atoms with Gasteiger partial charge in [-0.15, -0.1) is 0 Å². The van der Waals surface area contributed by atoms with Gasteiger partial charge in [0.1, 0.15) is 12.3 Å². The van der Waals surface area contributed by atoms with Crippen molar-refractivity contribution in [3.05, 3.63) is 48.5 Å². The summed E-state index contributed by atoms with van der Waals surface area (Å²) < 4.78 is 72.3. The van der Waals surface area contributed by atoms with Crippen LogP contribution in [0.25, 0.3) is 0 Å². The minimum absolute atomic E-state index is 0. The van der Waals surface area contributed by atoms with Crippen LogP contribution in [0.4, 0.5) is 22.7 Å². The Balaban J connectivity index is 0.000000427. The molecule has 0 aromatic heterocycles. The van der Waals surface area contributed by atoms with Crippen molar-refractivity contribution in [3.63, 3.8) is 0 Å². The van der Waals surface area contributed by atoms with Gasteiger partial charge in [-0.3, -0.25) is 8.61 Å². The Kier molecular flexibility index (Phi) is 32.1. The summed E-state index contributed by atoms with van der Waals surface area (Å²) in [5.74, 6) is 0. The summed E-state index contributed by atoms with van der Waals surface area (Å²) >= 11 is 0. The van der Waals surface area contributed by atoms with Crippen molar-refractivity contribution in [2.24, 2.45) is 0 Å². The number of unbranched alkanes of at least 4 members (excludes halogenated alkanes) is 30. The van der Waals surface area contributed by atoms with E-state index in [2.05, 4.69) is 24.5 Å². The third-order valence-electron chi connectivity index (χ3n) is 12.6. The quantitative estimate of drug-likeness (QED) is 0.0390. The van der Waals surface area contributed by atoms with Gasteiger partial charge in [-0.2, -0.15) is 0 Å². The number of para-hydroxylation sites is 4. The van der Waals surface area contributed by atoms with Crippen LogP contribution in [0.15, 0.2) is 48.5 Å². The first-order valence-corrected chi connectivity index (χ1v) is 28.0. The maximum atomic E-state index is 11.7. The topological polar surface area (TPSA) is 145 Å². The standard InChI is InChI=1S/2C25H44N2O3S.Ca/c2*1-2-3-4-5-6-7-8-9-10-11-12-13-14-15-16-17-22-25-26-23-20-18-19-21-24(23)27(25)31(28,29)30;/h2*18-21,25-26H,2-17,22H2,1H3,(H,28,29,30);/q;;+2/p-2. The second-order valence-corrected chi connectivity index (χ2v) is 20.5. The molecule has 4 rings (SSSR count). The molecule has 2 aliphatic heterocycles. The number of fused-ring (bicyclic) bond motifs is 2. The number of benzene rings is 2. The van der Waals surface area contributed by atoms with E-state index in [-0.39, 0.29) is 37.7 Å². The van der Waals surface area contributed by atoms with Crippen molar-refractivity contribution in [3.8, 4) is 0 Å². The third kappa shape index (κ3) is 24.4. The van der Waals surface area contributed by atoms with E-state index in [1.165, 1.54) is 180 Å². The summed E-state index contributed by atoms with van der Waals surface area (Å²) in [6, 6.07) is 14.2. The van der Waals surface area contributed by atoms with E-state index in [0.29, 0.717) is 24.2 Å². The van der Waals surface area contributed by atoms with E-state index in [9.17, 15) is 25.9 Å². The molecule has 2 atom stereocenters. The van der Waals surface area contributed by atoms with E-state index in [4.69, 9.17) is 0 Å². The smallest absolute Gasteiger partial charge is 0.731 e. The van der Waals surface area contributed by atoms with Crippen molar-refractivity contribution in [1.29, 1.82) is 0 Å². The van der Waals surface area contributed by atoms with Crippen LogP contribution in [0, 0.1) is 0 Å². The van der Waals surface area contributed by atoms with Gasteiger partial charge in [0.25, 0.3) is 0 Å². The summed E-state index contributed by atoms with van der Waals surface area (Å²) in [7, 11) is -9.03. The normalized spacial score (nSPS) is 15.6. The van der Waals surface area contributed by atoms with Crippen molar-refractivity contribution in [1.82, 2.24) is 0 Å². The molecule has 0 saturated carbocycles. The van der Waals surface area contributed by atoms with Gasteiger partial charge in [0.15, 0.2) is 20.6 Å². The van der Waals surface area contributed by atoms with Crippen LogP contribution < -0.4 is 19.2 Å². The Labute approximate surface area is 416 Å². The second kappa shape index (κ2) is 34.9. The van der Waals surface area contributed by atoms with Crippen molar-refractivity contribution in [2.45, 2.75) is 244 Å². The summed E-state index contributed by atoms with van der Waals surface area (Å²) in [5.41, 5.74) is 2.39. The van der Waals surface area contributed by atoms with E-state index < -0.39 is 32.9 Å². The molecule has 0 amide bonds. The number of anilines is 4. The molecule has 2 unspecified atom stereocenters. The number of hydrogen-bond donors (Lipinski definition) is 2. The molecule has 0 aliphatic carbocycles. The summed E-state index contributed by atoms with van der Waals surface area (Å²) in [5, 5.41) is 6.38. The van der Waals surface area contributed by atoms with E-state index in [1.807, 2.05) is 24.3 Å². The average Bonchev–Trinajstić information content (AvgIpc) is 3.82. The number of rotatable bonds is 36. The SMILES string of the molecule is CCCCCCCCCCCCCCCCCCC1Nc2ccccc2N1S(=O)(=O)[O-].CCCCCCCCCCCCCCCCCCC1Nc2ccccc2N1S(=O)(=O)[O-].[Ca+2]. The summed E-state index contributed by atoms with van der Waals surface area (Å²) in [6.07, 6.45) is 42.4. The molecule has 2 N–H and O–H groups in total. The average molecular weight is 943 g/mol. The molecule has 63 heavy (non-hydrogen) atoms.